The third kappa shape index (κ3) is 5.08. The van der Waals surface area contributed by atoms with Gasteiger partial charge in [0.15, 0.2) is 5.75 Å². The van der Waals surface area contributed by atoms with E-state index in [1.54, 1.807) is 12.1 Å². The highest BCUT2D eigenvalue weighted by molar-refractivity contribution is 6.40. The molecule has 5 fully saturated rings. The number of barbiturate groups is 1. The highest BCUT2D eigenvalue weighted by Gasteiger charge is 2.51. The number of benzene rings is 4. The molecule has 0 aromatic heterocycles. The summed E-state index contributed by atoms with van der Waals surface area (Å²) in [7, 11) is 0. The molecule has 4 saturated carbocycles. The summed E-state index contributed by atoms with van der Waals surface area (Å²) in [6, 6.07) is 24.2. The number of rotatable bonds is 6. The number of imide groups is 2. The number of fused-ring (bicyclic) bond motifs is 1. The van der Waals surface area contributed by atoms with Crippen molar-refractivity contribution in [2.75, 3.05) is 4.90 Å². The van der Waals surface area contributed by atoms with Gasteiger partial charge in [0.2, 0.25) is 0 Å². The largest absolute Gasteiger partial charge is 0.486 e. The van der Waals surface area contributed by atoms with E-state index in [9.17, 15) is 14.4 Å². The molecule has 1 aliphatic heterocycles. The maximum atomic E-state index is 13.6. The SMILES string of the molecule is O=C1NC(=O)N(c2ccc(C34CC5CC(CC(C5)C3)C4)cc2)C(=O)/C1=C/c1cc(Cl)c(OCc2cccc3ccccc23)c(Cl)c1. The molecule has 4 amide bonds. The van der Waals surface area contributed by atoms with Crippen LogP contribution >= 0.6 is 23.2 Å². The second-order valence-electron chi connectivity index (χ2n) is 13.4. The van der Waals surface area contributed by atoms with E-state index < -0.39 is 17.8 Å². The van der Waals surface area contributed by atoms with Crippen LogP contribution < -0.4 is 15.0 Å². The first-order valence-electron chi connectivity index (χ1n) is 15.9. The van der Waals surface area contributed by atoms with Crippen LogP contribution in [-0.4, -0.2) is 17.8 Å². The average Bonchev–Trinajstić information content (AvgIpc) is 3.02. The molecule has 4 aromatic rings. The van der Waals surface area contributed by atoms with Crippen LogP contribution in [-0.2, 0) is 21.6 Å². The summed E-state index contributed by atoms with van der Waals surface area (Å²) in [6.07, 6.45) is 9.15. The van der Waals surface area contributed by atoms with Gasteiger partial charge >= 0.3 is 6.03 Å². The fourth-order valence-corrected chi connectivity index (χ4v) is 9.47. The Morgan fingerprint density at radius 2 is 1.46 bits per heavy atom. The second-order valence-corrected chi connectivity index (χ2v) is 14.3. The molecule has 4 bridgehead atoms. The van der Waals surface area contributed by atoms with Crippen molar-refractivity contribution in [1.82, 2.24) is 5.32 Å². The van der Waals surface area contributed by atoms with Crippen molar-refractivity contribution in [3.63, 3.8) is 0 Å². The van der Waals surface area contributed by atoms with Gasteiger partial charge in [0.25, 0.3) is 11.8 Å². The molecule has 9 rings (SSSR count). The van der Waals surface area contributed by atoms with Gasteiger partial charge in [0.05, 0.1) is 15.7 Å². The molecule has 4 aliphatic carbocycles. The van der Waals surface area contributed by atoms with Crippen LogP contribution in [0.2, 0.25) is 10.0 Å². The van der Waals surface area contributed by atoms with E-state index in [0.717, 1.165) is 39.0 Å². The number of nitrogens with zero attached hydrogens (tertiary/aromatic N) is 1. The summed E-state index contributed by atoms with van der Waals surface area (Å²) in [5, 5.41) is 4.95. The Morgan fingerprint density at radius 1 is 0.826 bits per heavy atom. The number of halogens is 2. The Balaban J connectivity index is 1.03. The Bertz CT molecular complexity index is 1890. The summed E-state index contributed by atoms with van der Waals surface area (Å²) >= 11 is 13.2. The van der Waals surface area contributed by atoms with Crippen molar-refractivity contribution in [2.24, 2.45) is 17.8 Å². The Kier molecular flexibility index (Phi) is 7.18. The lowest BCUT2D eigenvalue weighted by molar-refractivity contribution is -0.122. The van der Waals surface area contributed by atoms with Gasteiger partial charge in [-0.1, -0.05) is 77.8 Å². The maximum Gasteiger partial charge on any atom is 0.335 e. The van der Waals surface area contributed by atoms with Crippen LogP contribution in [0.4, 0.5) is 10.5 Å². The summed E-state index contributed by atoms with van der Waals surface area (Å²) in [5.41, 5.74) is 3.13. The molecule has 1 heterocycles. The standard InChI is InChI=1S/C38H32Cl2N2O4/c39-32-16-22(17-33(40)34(32)46-21-27-6-3-5-26-4-1-2-7-30(26)27)15-31-35(43)41-37(45)42(36(31)44)29-10-8-28(9-11-29)38-18-23-12-24(19-38)14-25(13-23)20-38/h1-11,15-17,23-25H,12-14,18-21H2,(H,41,43,45)/b31-15+. The van der Waals surface area contributed by atoms with E-state index in [2.05, 4.69) is 17.4 Å². The number of amides is 4. The molecule has 4 aromatic carbocycles. The topological polar surface area (TPSA) is 75.7 Å². The summed E-state index contributed by atoms with van der Waals surface area (Å²) in [6.45, 7) is 0.251. The number of anilines is 1. The van der Waals surface area contributed by atoms with Crippen molar-refractivity contribution < 1.29 is 19.1 Å². The van der Waals surface area contributed by atoms with Crippen molar-refractivity contribution in [1.29, 1.82) is 0 Å². The van der Waals surface area contributed by atoms with Gasteiger partial charge in [0.1, 0.15) is 12.2 Å². The van der Waals surface area contributed by atoms with Crippen LogP contribution in [0.25, 0.3) is 16.8 Å². The average molecular weight is 652 g/mol. The van der Waals surface area contributed by atoms with Gasteiger partial charge in [0, 0.05) is 0 Å². The number of carbonyl (C=O) groups excluding carboxylic acids is 3. The fourth-order valence-electron chi connectivity index (χ4n) is 8.86. The van der Waals surface area contributed by atoms with E-state index in [1.165, 1.54) is 50.2 Å². The monoisotopic (exact) mass is 650 g/mol. The molecule has 0 unspecified atom stereocenters. The number of hydrogen-bond acceptors (Lipinski definition) is 4. The van der Waals surface area contributed by atoms with Crippen molar-refractivity contribution in [3.05, 3.63) is 111 Å². The van der Waals surface area contributed by atoms with Crippen LogP contribution in [0.15, 0.2) is 84.4 Å². The van der Waals surface area contributed by atoms with Crippen LogP contribution in [0.1, 0.15) is 55.2 Å². The van der Waals surface area contributed by atoms with Crippen LogP contribution in [0.5, 0.6) is 5.75 Å². The molecular weight excluding hydrogens is 619 g/mol. The molecule has 8 heteroatoms. The minimum Gasteiger partial charge on any atom is -0.486 e. The van der Waals surface area contributed by atoms with Gasteiger partial charge in [-0.2, -0.15) is 0 Å². The number of carbonyl (C=O) groups is 3. The molecule has 0 spiro atoms. The number of ether oxygens (including phenoxy) is 1. The lowest BCUT2D eigenvalue weighted by atomic mass is 9.48. The first-order valence-corrected chi connectivity index (χ1v) is 16.6. The second kappa shape index (κ2) is 11.3. The minimum absolute atomic E-state index is 0.193. The molecule has 232 valence electrons. The summed E-state index contributed by atoms with van der Waals surface area (Å²) in [4.78, 5) is 40.5. The molecule has 1 saturated heterocycles. The lowest BCUT2D eigenvalue weighted by Gasteiger charge is -2.57. The fraction of sp³-hybridized carbons (Fsp3) is 0.289. The number of hydrogen-bond donors (Lipinski definition) is 1. The minimum atomic E-state index is -0.778. The lowest BCUT2D eigenvalue weighted by Crippen LogP contribution is -2.54. The zero-order valence-electron chi connectivity index (χ0n) is 25.1. The normalized spacial score (nSPS) is 26.2. The Labute approximate surface area is 277 Å². The summed E-state index contributed by atoms with van der Waals surface area (Å²) < 4.78 is 6.04. The van der Waals surface area contributed by atoms with Crippen molar-refractivity contribution in [3.8, 4) is 5.75 Å². The Hall–Kier alpha value is -4.13. The van der Waals surface area contributed by atoms with Crippen molar-refractivity contribution in [2.45, 2.75) is 50.5 Å². The number of urea groups is 1. The van der Waals surface area contributed by atoms with Crippen LogP contribution in [0, 0.1) is 17.8 Å². The molecule has 0 atom stereocenters. The van der Waals surface area contributed by atoms with Crippen molar-refractivity contribution >= 4 is 63.6 Å². The maximum absolute atomic E-state index is 13.6. The summed E-state index contributed by atoms with van der Waals surface area (Å²) in [5.74, 6) is 1.25. The van der Waals surface area contributed by atoms with Crippen LogP contribution in [0.3, 0.4) is 0 Å². The highest BCUT2D eigenvalue weighted by atomic mass is 35.5. The Morgan fingerprint density at radius 3 is 2.13 bits per heavy atom. The first-order chi connectivity index (χ1) is 22.3. The molecule has 1 N–H and O–H groups in total. The van der Waals surface area contributed by atoms with E-state index in [0.29, 0.717) is 17.0 Å². The molecule has 46 heavy (non-hydrogen) atoms. The quantitative estimate of drug-likeness (QED) is 0.167. The van der Waals surface area contributed by atoms with Gasteiger partial charge in [-0.3, -0.25) is 14.9 Å². The first kappa shape index (κ1) is 29.3. The third-order valence-corrected chi connectivity index (χ3v) is 11.0. The van der Waals surface area contributed by atoms with Gasteiger partial charge in [-0.25, -0.2) is 9.69 Å². The zero-order valence-corrected chi connectivity index (χ0v) is 26.6. The van der Waals surface area contributed by atoms with E-state index in [-0.39, 0.29) is 27.6 Å². The van der Waals surface area contributed by atoms with Gasteiger partial charge < -0.3 is 4.74 Å². The molecule has 6 nitrogen and oxygen atoms in total. The number of nitrogens with one attached hydrogen (secondary N) is 1. The predicted octanol–water partition coefficient (Wildman–Crippen LogP) is 8.86. The smallest absolute Gasteiger partial charge is 0.335 e. The molecule has 5 aliphatic rings. The van der Waals surface area contributed by atoms with E-state index in [4.69, 9.17) is 27.9 Å². The zero-order chi connectivity index (χ0) is 31.6. The van der Waals surface area contributed by atoms with Gasteiger partial charge in [-0.05, 0) is 119 Å². The highest BCUT2D eigenvalue weighted by Crippen LogP contribution is 2.60. The predicted molar refractivity (Wildman–Crippen MR) is 180 cm³/mol. The molecule has 0 radical (unpaired) electrons. The van der Waals surface area contributed by atoms with Gasteiger partial charge in [-0.15, -0.1) is 0 Å². The van der Waals surface area contributed by atoms with E-state index >= 15 is 0 Å². The molecular formula is C38H32Cl2N2O4. The third-order valence-electron chi connectivity index (χ3n) is 10.5. The van der Waals surface area contributed by atoms with E-state index in [1.807, 2.05) is 54.6 Å².